The van der Waals surface area contributed by atoms with Crippen LogP contribution in [-0.4, -0.2) is 29.3 Å². The molecule has 3 aromatic carbocycles. The van der Waals surface area contributed by atoms with Gasteiger partial charge in [0.1, 0.15) is 6.04 Å². The predicted molar refractivity (Wildman–Crippen MR) is 134 cm³/mol. The van der Waals surface area contributed by atoms with Crippen molar-refractivity contribution in [1.82, 2.24) is 10.2 Å². The summed E-state index contributed by atoms with van der Waals surface area (Å²) in [4.78, 5) is 28.7. The summed E-state index contributed by atoms with van der Waals surface area (Å²) in [6.07, 6.45) is 1.52. The van der Waals surface area contributed by atoms with Crippen molar-refractivity contribution in [2.75, 3.05) is 6.54 Å². The third-order valence-corrected chi connectivity index (χ3v) is 5.94. The molecule has 0 bridgehead atoms. The molecule has 3 aromatic rings. The Hall–Kier alpha value is -3.11. The first-order chi connectivity index (χ1) is 16.0. The van der Waals surface area contributed by atoms with E-state index in [1.54, 1.807) is 4.90 Å². The molecule has 0 aromatic heterocycles. The summed E-state index contributed by atoms with van der Waals surface area (Å²) >= 11 is 6.07. The summed E-state index contributed by atoms with van der Waals surface area (Å²) < 4.78 is 0. The Bertz CT molecular complexity index is 1050. The van der Waals surface area contributed by atoms with Gasteiger partial charge in [-0.15, -0.1) is 0 Å². The normalized spacial score (nSPS) is 11.6. The zero-order chi connectivity index (χ0) is 23.6. The van der Waals surface area contributed by atoms with Crippen molar-refractivity contribution in [3.05, 3.63) is 106 Å². The van der Waals surface area contributed by atoms with Gasteiger partial charge >= 0.3 is 0 Å². The maximum absolute atomic E-state index is 13.7. The van der Waals surface area contributed by atoms with E-state index in [2.05, 4.69) is 5.32 Å². The number of nitrogens with zero attached hydrogens (tertiary/aromatic N) is 1. The molecular weight excluding hydrogens is 432 g/mol. The van der Waals surface area contributed by atoms with E-state index in [0.29, 0.717) is 24.5 Å². The SMILES string of the molecule is CCCNC(=O)[C@@H](Cc1ccccc1)N(Cc1ccc(Cl)cc1)C(=O)Cc1ccccc1C. The van der Waals surface area contributed by atoms with Gasteiger partial charge in [-0.25, -0.2) is 0 Å². The first-order valence-electron chi connectivity index (χ1n) is 11.4. The van der Waals surface area contributed by atoms with Crippen LogP contribution in [0.5, 0.6) is 0 Å². The average molecular weight is 463 g/mol. The summed E-state index contributed by atoms with van der Waals surface area (Å²) in [5.41, 5.74) is 3.97. The number of hydrogen-bond acceptors (Lipinski definition) is 2. The molecule has 0 radical (unpaired) electrons. The second kappa shape index (κ2) is 12.2. The molecule has 0 fully saturated rings. The van der Waals surface area contributed by atoms with E-state index in [-0.39, 0.29) is 18.2 Å². The van der Waals surface area contributed by atoms with Crippen molar-refractivity contribution < 1.29 is 9.59 Å². The lowest BCUT2D eigenvalue weighted by Crippen LogP contribution is -2.51. The molecule has 172 valence electrons. The average Bonchev–Trinajstić information content (AvgIpc) is 2.83. The minimum atomic E-state index is -0.619. The number of rotatable bonds is 10. The second-order valence-electron chi connectivity index (χ2n) is 8.25. The van der Waals surface area contributed by atoms with Crippen molar-refractivity contribution in [2.24, 2.45) is 0 Å². The van der Waals surface area contributed by atoms with Gasteiger partial charge in [0, 0.05) is 24.5 Å². The monoisotopic (exact) mass is 462 g/mol. The Morgan fingerprint density at radius 1 is 0.909 bits per heavy atom. The lowest BCUT2D eigenvalue weighted by Gasteiger charge is -2.32. The number of carbonyl (C=O) groups is 2. The van der Waals surface area contributed by atoms with Crippen LogP contribution in [0.15, 0.2) is 78.9 Å². The Kier molecular flexibility index (Phi) is 9.08. The van der Waals surface area contributed by atoms with E-state index in [1.165, 1.54) is 0 Å². The van der Waals surface area contributed by atoms with Gasteiger partial charge in [-0.3, -0.25) is 9.59 Å². The van der Waals surface area contributed by atoms with Crippen LogP contribution in [0.4, 0.5) is 0 Å². The number of nitrogens with one attached hydrogen (secondary N) is 1. The molecule has 0 saturated heterocycles. The maximum atomic E-state index is 13.7. The molecule has 0 heterocycles. The van der Waals surface area contributed by atoms with Crippen molar-refractivity contribution in [3.63, 3.8) is 0 Å². The third kappa shape index (κ3) is 7.19. The summed E-state index contributed by atoms with van der Waals surface area (Å²) in [6.45, 7) is 4.92. The van der Waals surface area contributed by atoms with Crippen molar-refractivity contribution in [1.29, 1.82) is 0 Å². The number of benzene rings is 3. The molecule has 1 N–H and O–H groups in total. The molecule has 1 atom stereocenters. The number of hydrogen-bond donors (Lipinski definition) is 1. The molecular formula is C28H31ClN2O2. The van der Waals surface area contributed by atoms with Gasteiger partial charge in [-0.1, -0.05) is 85.3 Å². The predicted octanol–water partition coefficient (Wildman–Crippen LogP) is 5.36. The van der Waals surface area contributed by atoms with Crippen LogP contribution in [0, 0.1) is 6.92 Å². The molecule has 33 heavy (non-hydrogen) atoms. The molecule has 0 aliphatic heterocycles. The summed E-state index contributed by atoms with van der Waals surface area (Å²) in [5, 5.41) is 3.64. The first kappa shape index (κ1) is 24.5. The van der Waals surface area contributed by atoms with Gasteiger partial charge in [-0.05, 0) is 47.7 Å². The summed E-state index contributed by atoms with van der Waals surface area (Å²) in [7, 11) is 0. The fourth-order valence-electron chi connectivity index (χ4n) is 3.78. The van der Waals surface area contributed by atoms with Crippen LogP contribution < -0.4 is 5.32 Å². The van der Waals surface area contributed by atoms with Gasteiger partial charge in [0.15, 0.2) is 0 Å². The number of halogens is 1. The molecule has 5 heteroatoms. The first-order valence-corrected chi connectivity index (χ1v) is 11.8. The van der Waals surface area contributed by atoms with Crippen LogP contribution in [0.2, 0.25) is 5.02 Å². The highest BCUT2D eigenvalue weighted by atomic mass is 35.5. The van der Waals surface area contributed by atoms with Crippen molar-refractivity contribution in [2.45, 2.75) is 45.7 Å². The number of carbonyl (C=O) groups excluding carboxylic acids is 2. The molecule has 0 aliphatic rings. The van der Waals surface area contributed by atoms with E-state index in [4.69, 9.17) is 11.6 Å². The van der Waals surface area contributed by atoms with Crippen LogP contribution in [0.25, 0.3) is 0 Å². The minimum Gasteiger partial charge on any atom is -0.354 e. The highest BCUT2D eigenvalue weighted by molar-refractivity contribution is 6.30. The Balaban J connectivity index is 1.95. The second-order valence-corrected chi connectivity index (χ2v) is 8.68. The molecule has 0 unspecified atom stereocenters. The van der Waals surface area contributed by atoms with Gasteiger partial charge in [0.25, 0.3) is 0 Å². The molecule has 4 nitrogen and oxygen atoms in total. The van der Waals surface area contributed by atoms with Gasteiger partial charge in [0.2, 0.25) is 11.8 Å². The summed E-state index contributed by atoms with van der Waals surface area (Å²) in [5.74, 6) is -0.209. The van der Waals surface area contributed by atoms with E-state index >= 15 is 0 Å². The lowest BCUT2D eigenvalue weighted by atomic mass is 10.00. The highest BCUT2D eigenvalue weighted by Gasteiger charge is 2.30. The Morgan fingerprint density at radius 2 is 1.58 bits per heavy atom. The van der Waals surface area contributed by atoms with E-state index < -0.39 is 6.04 Å². The fourth-order valence-corrected chi connectivity index (χ4v) is 3.91. The van der Waals surface area contributed by atoms with Crippen LogP contribution in [0.3, 0.4) is 0 Å². The van der Waals surface area contributed by atoms with Gasteiger partial charge < -0.3 is 10.2 Å². The van der Waals surface area contributed by atoms with E-state index in [1.807, 2.05) is 92.7 Å². The molecule has 2 amide bonds. The van der Waals surface area contributed by atoms with Crippen molar-refractivity contribution in [3.8, 4) is 0 Å². The lowest BCUT2D eigenvalue weighted by molar-refractivity contribution is -0.140. The largest absolute Gasteiger partial charge is 0.354 e. The standard InChI is InChI=1S/C28H31ClN2O2/c1-3-17-30-28(33)26(18-22-10-5-4-6-11-22)31(20-23-13-15-25(29)16-14-23)27(32)19-24-12-8-7-9-21(24)2/h4-16,26H,3,17-20H2,1-2H3,(H,30,33)/t26-/m1/s1. The molecule has 3 rings (SSSR count). The van der Waals surface area contributed by atoms with Gasteiger partial charge in [0.05, 0.1) is 6.42 Å². The van der Waals surface area contributed by atoms with Crippen LogP contribution in [0.1, 0.15) is 35.6 Å². The van der Waals surface area contributed by atoms with E-state index in [9.17, 15) is 9.59 Å². The smallest absolute Gasteiger partial charge is 0.243 e. The Labute approximate surface area is 201 Å². The molecule has 0 aliphatic carbocycles. The topological polar surface area (TPSA) is 49.4 Å². The van der Waals surface area contributed by atoms with E-state index in [0.717, 1.165) is 28.7 Å². The molecule has 0 spiro atoms. The quantitative estimate of drug-likeness (QED) is 0.441. The number of amides is 2. The zero-order valence-corrected chi connectivity index (χ0v) is 20.0. The third-order valence-electron chi connectivity index (χ3n) is 5.69. The Morgan fingerprint density at radius 3 is 2.24 bits per heavy atom. The molecule has 0 saturated carbocycles. The van der Waals surface area contributed by atoms with Crippen molar-refractivity contribution >= 4 is 23.4 Å². The van der Waals surface area contributed by atoms with Crippen LogP contribution in [-0.2, 0) is 29.0 Å². The number of aryl methyl sites for hydroxylation is 1. The fraction of sp³-hybridized carbons (Fsp3) is 0.286. The highest BCUT2D eigenvalue weighted by Crippen LogP contribution is 2.19. The summed E-state index contributed by atoms with van der Waals surface area (Å²) in [6, 6.07) is 24.5. The van der Waals surface area contributed by atoms with Gasteiger partial charge in [-0.2, -0.15) is 0 Å². The minimum absolute atomic E-state index is 0.0770. The zero-order valence-electron chi connectivity index (χ0n) is 19.3. The maximum Gasteiger partial charge on any atom is 0.243 e. The van der Waals surface area contributed by atoms with Crippen LogP contribution >= 0.6 is 11.6 Å².